The highest BCUT2D eigenvalue weighted by Crippen LogP contribution is 2.16. The summed E-state index contributed by atoms with van der Waals surface area (Å²) < 4.78 is 0. The fraction of sp³-hybridized carbons (Fsp3) is 0.0769. The van der Waals surface area contributed by atoms with Crippen molar-refractivity contribution in [2.75, 3.05) is 0 Å². The molecular weight excluding hydrogens is 198 g/mol. The summed E-state index contributed by atoms with van der Waals surface area (Å²) in [5, 5.41) is 8.15. The van der Waals surface area contributed by atoms with Crippen LogP contribution in [0.25, 0.3) is 0 Å². The normalized spacial score (nSPS) is 12.8. The van der Waals surface area contributed by atoms with Crippen LogP contribution in [0.4, 0.5) is 5.69 Å². The molecule has 3 heteroatoms. The molecule has 0 spiro atoms. The van der Waals surface area contributed by atoms with Gasteiger partial charge in [0.05, 0.1) is 5.69 Å². The highest BCUT2D eigenvalue weighted by Gasteiger charge is 2.01. The van der Waals surface area contributed by atoms with Gasteiger partial charge in [-0.1, -0.05) is 48.5 Å². The molecule has 0 aliphatic rings. The molecule has 0 bridgehead atoms. The van der Waals surface area contributed by atoms with Crippen molar-refractivity contribution in [2.24, 2.45) is 16.0 Å². The molecule has 0 radical (unpaired) electrons. The second kappa shape index (κ2) is 5.19. The molecule has 0 fully saturated rings. The SMILES string of the molecule is NC(N=Nc1ccccc1)c1ccccc1. The third-order valence-corrected chi connectivity index (χ3v) is 2.19. The van der Waals surface area contributed by atoms with Gasteiger partial charge in [0.15, 0.2) is 0 Å². The van der Waals surface area contributed by atoms with Crippen molar-refractivity contribution in [3.8, 4) is 0 Å². The lowest BCUT2D eigenvalue weighted by atomic mass is 10.2. The second-order valence-electron chi connectivity index (χ2n) is 3.41. The predicted molar refractivity (Wildman–Crippen MR) is 64.3 cm³/mol. The number of azo groups is 1. The molecule has 0 aliphatic heterocycles. The van der Waals surface area contributed by atoms with Gasteiger partial charge in [-0.15, -0.1) is 0 Å². The van der Waals surface area contributed by atoms with Crippen molar-refractivity contribution in [3.63, 3.8) is 0 Å². The first-order valence-corrected chi connectivity index (χ1v) is 5.13. The average Bonchev–Trinajstić information content (AvgIpc) is 2.38. The molecule has 0 aromatic heterocycles. The van der Waals surface area contributed by atoms with E-state index in [-0.39, 0.29) is 0 Å². The molecule has 1 unspecified atom stereocenters. The third kappa shape index (κ3) is 2.74. The average molecular weight is 211 g/mol. The maximum atomic E-state index is 5.88. The van der Waals surface area contributed by atoms with E-state index in [0.717, 1.165) is 11.3 Å². The fourth-order valence-electron chi connectivity index (χ4n) is 1.34. The zero-order valence-corrected chi connectivity index (χ0v) is 8.82. The van der Waals surface area contributed by atoms with Gasteiger partial charge in [-0.25, -0.2) is 0 Å². The van der Waals surface area contributed by atoms with E-state index in [4.69, 9.17) is 5.73 Å². The van der Waals surface area contributed by atoms with Gasteiger partial charge in [0, 0.05) is 0 Å². The minimum absolute atomic E-state index is 0.401. The molecule has 16 heavy (non-hydrogen) atoms. The summed E-state index contributed by atoms with van der Waals surface area (Å²) >= 11 is 0. The van der Waals surface area contributed by atoms with Crippen LogP contribution in [0.3, 0.4) is 0 Å². The van der Waals surface area contributed by atoms with Crippen LogP contribution in [0.15, 0.2) is 70.9 Å². The Labute approximate surface area is 94.6 Å². The van der Waals surface area contributed by atoms with Crippen molar-refractivity contribution in [2.45, 2.75) is 6.17 Å². The highest BCUT2D eigenvalue weighted by atomic mass is 15.2. The summed E-state index contributed by atoms with van der Waals surface area (Å²) in [6.45, 7) is 0. The van der Waals surface area contributed by atoms with Gasteiger partial charge >= 0.3 is 0 Å². The van der Waals surface area contributed by atoms with Gasteiger partial charge in [0.2, 0.25) is 0 Å². The van der Waals surface area contributed by atoms with Gasteiger partial charge in [0.1, 0.15) is 6.17 Å². The first-order chi connectivity index (χ1) is 7.86. The monoisotopic (exact) mass is 211 g/mol. The molecule has 0 saturated carbocycles. The summed E-state index contributed by atoms with van der Waals surface area (Å²) in [5.41, 5.74) is 7.66. The van der Waals surface area contributed by atoms with Gasteiger partial charge in [-0.2, -0.15) is 10.2 Å². The van der Waals surface area contributed by atoms with E-state index in [0.29, 0.717) is 0 Å². The molecular formula is C13H13N3. The zero-order valence-electron chi connectivity index (χ0n) is 8.82. The van der Waals surface area contributed by atoms with Crippen molar-refractivity contribution in [1.82, 2.24) is 0 Å². The molecule has 80 valence electrons. The van der Waals surface area contributed by atoms with Crippen LogP contribution >= 0.6 is 0 Å². The Kier molecular flexibility index (Phi) is 3.41. The quantitative estimate of drug-likeness (QED) is 0.777. The topological polar surface area (TPSA) is 50.7 Å². The molecule has 2 aromatic rings. The summed E-state index contributed by atoms with van der Waals surface area (Å²) in [6, 6.07) is 19.3. The number of hydrogen-bond acceptors (Lipinski definition) is 3. The first kappa shape index (κ1) is 10.5. The van der Waals surface area contributed by atoms with E-state index in [1.54, 1.807) is 0 Å². The van der Waals surface area contributed by atoms with Crippen molar-refractivity contribution in [1.29, 1.82) is 0 Å². The van der Waals surface area contributed by atoms with Gasteiger partial charge < -0.3 is 5.73 Å². The molecule has 0 saturated heterocycles. The van der Waals surface area contributed by atoms with Crippen molar-refractivity contribution < 1.29 is 0 Å². The molecule has 1 atom stereocenters. The Morgan fingerprint density at radius 2 is 1.38 bits per heavy atom. The highest BCUT2D eigenvalue weighted by molar-refractivity contribution is 5.34. The van der Waals surface area contributed by atoms with Crippen LogP contribution in [0.5, 0.6) is 0 Å². The van der Waals surface area contributed by atoms with Crippen LogP contribution in [0.1, 0.15) is 11.7 Å². The van der Waals surface area contributed by atoms with E-state index in [1.807, 2.05) is 60.7 Å². The predicted octanol–water partition coefficient (Wildman–Crippen LogP) is 3.43. The van der Waals surface area contributed by atoms with E-state index >= 15 is 0 Å². The molecule has 0 amide bonds. The number of rotatable bonds is 3. The molecule has 3 nitrogen and oxygen atoms in total. The number of hydrogen-bond donors (Lipinski definition) is 1. The van der Waals surface area contributed by atoms with Crippen LogP contribution in [0, 0.1) is 0 Å². The van der Waals surface area contributed by atoms with E-state index in [1.165, 1.54) is 0 Å². The van der Waals surface area contributed by atoms with E-state index in [9.17, 15) is 0 Å². The Morgan fingerprint density at radius 1 is 0.812 bits per heavy atom. The fourth-order valence-corrected chi connectivity index (χ4v) is 1.34. The number of nitrogens with zero attached hydrogens (tertiary/aromatic N) is 2. The maximum Gasteiger partial charge on any atom is 0.144 e. The van der Waals surface area contributed by atoms with Crippen LogP contribution in [-0.4, -0.2) is 0 Å². The Morgan fingerprint density at radius 3 is 2.00 bits per heavy atom. The Balaban J connectivity index is 2.08. The van der Waals surface area contributed by atoms with Crippen molar-refractivity contribution >= 4 is 5.69 Å². The second-order valence-corrected chi connectivity index (χ2v) is 3.41. The van der Waals surface area contributed by atoms with Crippen LogP contribution < -0.4 is 5.73 Å². The third-order valence-electron chi connectivity index (χ3n) is 2.19. The smallest absolute Gasteiger partial charge is 0.144 e. The summed E-state index contributed by atoms with van der Waals surface area (Å²) in [5.74, 6) is 0. The molecule has 0 heterocycles. The lowest BCUT2D eigenvalue weighted by Crippen LogP contribution is -2.05. The van der Waals surface area contributed by atoms with E-state index < -0.39 is 6.17 Å². The minimum Gasteiger partial charge on any atom is -0.304 e. The molecule has 0 aliphatic carbocycles. The summed E-state index contributed by atoms with van der Waals surface area (Å²) in [4.78, 5) is 0. The van der Waals surface area contributed by atoms with Gasteiger partial charge in [-0.3, -0.25) is 0 Å². The van der Waals surface area contributed by atoms with Gasteiger partial charge in [0.25, 0.3) is 0 Å². The molecule has 2 rings (SSSR count). The molecule has 2 aromatic carbocycles. The minimum atomic E-state index is -0.401. The zero-order chi connectivity index (χ0) is 11.2. The van der Waals surface area contributed by atoms with Gasteiger partial charge in [-0.05, 0) is 17.7 Å². The first-order valence-electron chi connectivity index (χ1n) is 5.13. The Hall–Kier alpha value is -2.00. The number of nitrogens with two attached hydrogens (primary N) is 1. The Bertz CT molecular complexity index is 451. The largest absolute Gasteiger partial charge is 0.304 e. The lowest BCUT2D eigenvalue weighted by molar-refractivity contribution is 0.727. The molecule has 2 N–H and O–H groups in total. The van der Waals surface area contributed by atoms with E-state index in [2.05, 4.69) is 10.2 Å². The standard InChI is InChI=1S/C13H13N3/c14-13(11-7-3-1-4-8-11)16-15-12-9-5-2-6-10-12/h1-10,13H,14H2. The lowest BCUT2D eigenvalue weighted by Gasteiger charge is -2.04. The van der Waals surface area contributed by atoms with Crippen LogP contribution in [-0.2, 0) is 0 Å². The van der Waals surface area contributed by atoms with Crippen LogP contribution in [0.2, 0.25) is 0 Å². The number of benzene rings is 2. The summed E-state index contributed by atoms with van der Waals surface area (Å²) in [7, 11) is 0. The summed E-state index contributed by atoms with van der Waals surface area (Å²) in [6.07, 6.45) is -0.401. The maximum absolute atomic E-state index is 5.88. The van der Waals surface area contributed by atoms with Crippen molar-refractivity contribution in [3.05, 3.63) is 66.2 Å².